The van der Waals surface area contributed by atoms with Crippen molar-refractivity contribution < 1.29 is 9.52 Å². The normalized spacial score (nSPS) is 16.2. The molecule has 1 aromatic carbocycles. The van der Waals surface area contributed by atoms with Crippen LogP contribution in [0.1, 0.15) is 31.2 Å². The first-order valence-corrected chi connectivity index (χ1v) is 6.14. The molecular weight excluding hydrogens is 226 g/mol. The van der Waals surface area contributed by atoms with Crippen LogP contribution in [0.4, 0.5) is 0 Å². The molecule has 3 nitrogen and oxygen atoms in total. The molecule has 0 aliphatic rings. The van der Waals surface area contributed by atoms with E-state index in [0.717, 1.165) is 11.3 Å². The summed E-state index contributed by atoms with van der Waals surface area (Å²) in [5, 5.41) is 13.7. The highest BCUT2D eigenvalue weighted by molar-refractivity contribution is 5.21. The van der Waals surface area contributed by atoms with Gasteiger partial charge in [-0.25, -0.2) is 0 Å². The van der Waals surface area contributed by atoms with Crippen LogP contribution in [0.25, 0.3) is 0 Å². The van der Waals surface area contributed by atoms with Crippen molar-refractivity contribution in [3.63, 3.8) is 0 Å². The number of hydrogen-bond donors (Lipinski definition) is 2. The van der Waals surface area contributed by atoms with Crippen molar-refractivity contribution in [2.24, 2.45) is 0 Å². The molecule has 1 unspecified atom stereocenters. The van der Waals surface area contributed by atoms with Crippen molar-refractivity contribution in [1.82, 2.24) is 5.32 Å². The van der Waals surface area contributed by atoms with Gasteiger partial charge in [0.2, 0.25) is 0 Å². The standard InChI is InChI=1S/C15H19NO2/c1-12(14-9-6-10-18-14)16-11-15(2,17)13-7-4-3-5-8-13/h3-10,12,16-17H,11H2,1-2H3/t12-,15?/m1/s1. The molecule has 3 heteroatoms. The Morgan fingerprint density at radius 1 is 1.22 bits per heavy atom. The predicted octanol–water partition coefficient (Wildman–Crippen LogP) is 2.84. The Bertz CT molecular complexity index is 463. The molecule has 1 heterocycles. The number of benzene rings is 1. The summed E-state index contributed by atoms with van der Waals surface area (Å²) in [6.07, 6.45) is 1.66. The Morgan fingerprint density at radius 3 is 2.56 bits per heavy atom. The Kier molecular flexibility index (Phi) is 3.84. The molecular formula is C15H19NO2. The average Bonchev–Trinajstić information content (AvgIpc) is 2.91. The highest BCUT2D eigenvalue weighted by atomic mass is 16.3. The molecule has 0 bridgehead atoms. The highest BCUT2D eigenvalue weighted by Gasteiger charge is 2.23. The van der Waals surface area contributed by atoms with Crippen molar-refractivity contribution >= 4 is 0 Å². The molecule has 0 amide bonds. The van der Waals surface area contributed by atoms with Crippen LogP contribution in [0.3, 0.4) is 0 Å². The van der Waals surface area contributed by atoms with Gasteiger partial charge in [0.15, 0.2) is 0 Å². The first-order chi connectivity index (χ1) is 8.59. The number of nitrogens with one attached hydrogen (secondary N) is 1. The fourth-order valence-electron chi connectivity index (χ4n) is 1.89. The molecule has 0 spiro atoms. The molecule has 18 heavy (non-hydrogen) atoms. The maximum absolute atomic E-state index is 10.4. The number of furan rings is 1. The first-order valence-electron chi connectivity index (χ1n) is 6.14. The molecule has 0 aliphatic heterocycles. The van der Waals surface area contributed by atoms with E-state index in [4.69, 9.17) is 4.42 Å². The van der Waals surface area contributed by atoms with Crippen LogP contribution in [-0.4, -0.2) is 11.7 Å². The minimum atomic E-state index is -0.887. The minimum Gasteiger partial charge on any atom is -0.468 e. The van der Waals surface area contributed by atoms with Crippen molar-refractivity contribution in [1.29, 1.82) is 0 Å². The molecule has 2 rings (SSSR count). The number of rotatable bonds is 5. The SMILES string of the molecule is C[C@@H](NCC(C)(O)c1ccccc1)c1ccco1. The van der Waals surface area contributed by atoms with Gasteiger partial charge in [-0.3, -0.25) is 0 Å². The van der Waals surface area contributed by atoms with Gasteiger partial charge in [-0.1, -0.05) is 30.3 Å². The first kappa shape index (κ1) is 12.9. The topological polar surface area (TPSA) is 45.4 Å². The monoisotopic (exact) mass is 245 g/mol. The molecule has 96 valence electrons. The Morgan fingerprint density at radius 2 is 1.94 bits per heavy atom. The maximum atomic E-state index is 10.4. The lowest BCUT2D eigenvalue weighted by atomic mass is 9.96. The minimum absolute atomic E-state index is 0.0789. The molecule has 0 saturated carbocycles. The van der Waals surface area contributed by atoms with Crippen molar-refractivity contribution in [3.05, 3.63) is 60.1 Å². The lowest BCUT2D eigenvalue weighted by Crippen LogP contribution is -2.36. The van der Waals surface area contributed by atoms with Crippen LogP contribution < -0.4 is 5.32 Å². The Labute approximate surface area is 107 Å². The van der Waals surface area contributed by atoms with E-state index >= 15 is 0 Å². The van der Waals surface area contributed by atoms with Gasteiger partial charge in [0.05, 0.1) is 17.9 Å². The molecule has 0 fully saturated rings. The van der Waals surface area contributed by atoms with Crippen LogP contribution in [0.15, 0.2) is 53.1 Å². The summed E-state index contributed by atoms with van der Waals surface area (Å²) in [6, 6.07) is 13.5. The molecule has 2 aromatic rings. The van der Waals surface area contributed by atoms with E-state index < -0.39 is 5.60 Å². The van der Waals surface area contributed by atoms with Gasteiger partial charge in [0.25, 0.3) is 0 Å². The van der Waals surface area contributed by atoms with E-state index in [1.54, 1.807) is 6.26 Å². The van der Waals surface area contributed by atoms with E-state index in [1.807, 2.05) is 56.3 Å². The van der Waals surface area contributed by atoms with E-state index in [-0.39, 0.29) is 6.04 Å². The van der Waals surface area contributed by atoms with E-state index in [2.05, 4.69) is 5.32 Å². The van der Waals surface area contributed by atoms with Crippen LogP contribution in [-0.2, 0) is 5.60 Å². The highest BCUT2D eigenvalue weighted by Crippen LogP contribution is 2.21. The zero-order valence-corrected chi connectivity index (χ0v) is 10.8. The summed E-state index contributed by atoms with van der Waals surface area (Å²) < 4.78 is 5.32. The summed E-state index contributed by atoms with van der Waals surface area (Å²) in [5.41, 5.74) is 0.0198. The van der Waals surface area contributed by atoms with Gasteiger partial charge in [-0.2, -0.15) is 0 Å². The Hall–Kier alpha value is -1.58. The smallest absolute Gasteiger partial charge is 0.120 e. The Balaban J connectivity index is 1.97. The van der Waals surface area contributed by atoms with Crippen LogP contribution in [0, 0.1) is 0 Å². The lowest BCUT2D eigenvalue weighted by molar-refractivity contribution is 0.0536. The average molecular weight is 245 g/mol. The second kappa shape index (κ2) is 5.38. The van der Waals surface area contributed by atoms with Crippen LogP contribution in [0.2, 0.25) is 0 Å². The molecule has 0 aliphatic carbocycles. The largest absolute Gasteiger partial charge is 0.468 e. The van der Waals surface area contributed by atoms with Gasteiger partial charge < -0.3 is 14.8 Å². The van der Waals surface area contributed by atoms with Crippen molar-refractivity contribution in [3.8, 4) is 0 Å². The second-order valence-corrected chi connectivity index (χ2v) is 4.76. The van der Waals surface area contributed by atoms with E-state index in [0.29, 0.717) is 6.54 Å². The third-order valence-electron chi connectivity index (χ3n) is 3.12. The lowest BCUT2D eigenvalue weighted by Gasteiger charge is -2.26. The van der Waals surface area contributed by atoms with Gasteiger partial charge in [-0.15, -0.1) is 0 Å². The summed E-state index contributed by atoms with van der Waals surface area (Å²) in [7, 11) is 0. The summed E-state index contributed by atoms with van der Waals surface area (Å²) in [6.45, 7) is 4.29. The zero-order chi connectivity index (χ0) is 13.0. The van der Waals surface area contributed by atoms with Gasteiger partial charge in [0.1, 0.15) is 5.76 Å². The molecule has 2 atom stereocenters. The molecule has 2 N–H and O–H groups in total. The number of aliphatic hydroxyl groups is 1. The molecule has 1 aromatic heterocycles. The third kappa shape index (κ3) is 3.00. The molecule has 0 saturated heterocycles. The van der Waals surface area contributed by atoms with Crippen molar-refractivity contribution in [2.45, 2.75) is 25.5 Å². The van der Waals surface area contributed by atoms with E-state index in [1.165, 1.54) is 0 Å². The van der Waals surface area contributed by atoms with Crippen molar-refractivity contribution in [2.75, 3.05) is 6.54 Å². The quantitative estimate of drug-likeness (QED) is 0.851. The van der Waals surface area contributed by atoms with Crippen LogP contribution >= 0.6 is 0 Å². The predicted molar refractivity (Wildman–Crippen MR) is 71.1 cm³/mol. The summed E-state index contributed by atoms with van der Waals surface area (Å²) in [5.74, 6) is 0.874. The summed E-state index contributed by atoms with van der Waals surface area (Å²) >= 11 is 0. The molecule has 0 radical (unpaired) electrons. The third-order valence-corrected chi connectivity index (χ3v) is 3.12. The summed E-state index contributed by atoms with van der Waals surface area (Å²) in [4.78, 5) is 0. The van der Waals surface area contributed by atoms with Crippen LogP contribution in [0.5, 0.6) is 0 Å². The van der Waals surface area contributed by atoms with Gasteiger partial charge in [-0.05, 0) is 31.5 Å². The maximum Gasteiger partial charge on any atom is 0.120 e. The van der Waals surface area contributed by atoms with E-state index in [9.17, 15) is 5.11 Å². The second-order valence-electron chi connectivity index (χ2n) is 4.76. The number of hydrogen-bond acceptors (Lipinski definition) is 3. The fraction of sp³-hybridized carbons (Fsp3) is 0.333. The zero-order valence-electron chi connectivity index (χ0n) is 10.8. The van der Waals surface area contributed by atoms with Gasteiger partial charge >= 0.3 is 0 Å². The fourth-order valence-corrected chi connectivity index (χ4v) is 1.89. The van der Waals surface area contributed by atoms with Gasteiger partial charge in [0, 0.05) is 6.54 Å².